The van der Waals surface area contributed by atoms with Crippen LogP contribution in [0.1, 0.15) is 52.0 Å². The normalized spacial score (nSPS) is 16.7. The minimum atomic E-state index is -4.68. The highest BCUT2D eigenvalue weighted by atomic mass is 19.4. The van der Waals surface area contributed by atoms with Crippen LogP contribution in [0, 0.1) is 0 Å². The molecule has 1 amide bonds. The fourth-order valence-electron chi connectivity index (χ4n) is 3.78. The molecule has 3 aromatic rings. The van der Waals surface area contributed by atoms with Gasteiger partial charge in [0.2, 0.25) is 0 Å². The Labute approximate surface area is 177 Å². The molecule has 0 spiro atoms. The number of fused-ring (bicyclic) bond motifs is 1. The monoisotopic (exact) mass is 457 g/mol. The van der Waals surface area contributed by atoms with Crippen molar-refractivity contribution in [3.05, 3.63) is 58.8 Å². The number of carbonyl (C=O) groups is 1. The third-order valence-electron chi connectivity index (χ3n) is 5.29. The van der Waals surface area contributed by atoms with E-state index in [9.17, 15) is 31.1 Å². The van der Waals surface area contributed by atoms with Gasteiger partial charge in [-0.25, -0.2) is 0 Å². The summed E-state index contributed by atoms with van der Waals surface area (Å²) >= 11 is 0. The fourth-order valence-corrected chi connectivity index (χ4v) is 3.78. The molecule has 6 nitrogen and oxygen atoms in total. The Morgan fingerprint density at radius 1 is 1.12 bits per heavy atom. The highest BCUT2D eigenvalue weighted by Crippen LogP contribution is 2.35. The van der Waals surface area contributed by atoms with Gasteiger partial charge in [0.1, 0.15) is 11.4 Å². The van der Waals surface area contributed by atoms with Crippen molar-refractivity contribution in [2.24, 2.45) is 7.05 Å². The van der Waals surface area contributed by atoms with Crippen LogP contribution in [0.5, 0.6) is 0 Å². The SMILES string of the molecule is Cn1nc(C(F)(F)F)cc1C(=O)N[C@@H]1CCCc2cc(-c3ccnc(C(F)(F)F)c3)[nH]c21. The Morgan fingerprint density at radius 3 is 2.50 bits per heavy atom. The Balaban J connectivity index is 1.60. The molecule has 3 heterocycles. The number of aromatic amines is 1. The molecule has 4 rings (SSSR count). The Kier molecular flexibility index (Phi) is 5.25. The third-order valence-corrected chi connectivity index (χ3v) is 5.29. The number of nitrogens with zero attached hydrogens (tertiary/aromatic N) is 3. The molecule has 1 atom stereocenters. The number of hydrogen-bond acceptors (Lipinski definition) is 3. The van der Waals surface area contributed by atoms with Gasteiger partial charge in [0.25, 0.3) is 5.91 Å². The predicted octanol–water partition coefficient (Wildman–Crippen LogP) is 4.66. The number of nitrogens with one attached hydrogen (secondary N) is 2. The van der Waals surface area contributed by atoms with Crippen molar-refractivity contribution in [2.75, 3.05) is 0 Å². The first kappa shape index (κ1) is 21.9. The van der Waals surface area contributed by atoms with Crippen molar-refractivity contribution in [3.63, 3.8) is 0 Å². The van der Waals surface area contributed by atoms with Crippen LogP contribution in [0.4, 0.5) is 26.3 Å². The van der Waals surface area contributed by atoms with Crippen molar-refractivity contribution in [1.82, 2.24) is 25.1 Å². The topological polar surface area (TPSA) is 75.6 Å². The van der Waals surface area contributed by atoms with Crippen molar-refractivity contribution >= 4 is 5.91 Å². The highest BCUT2D eigenvalue weighted by Gasteiger charge is 2.36. The Hall–Kier alpha value is -3.31. The van der Waals surface area contributed by atoms with E-state index in [0.717, 1.165) is 22.5 Å². The molecule has 1 aliphatic carbocycles. The summed E-state index contributed by atoms with van der Waals surface area (Å²) in [4.78, 5) is 19.0. The van der Waals surface area contributed by atoms with E-state index >= 15 is 0 Å². The first-order valence-corrected chi connectivity index (χ1v) is 9.61. The van der Waals surface area contributed by atoms with Crippen LogP contribution in [0.15, 0.2) is 30.5 Å². The van der Waals surface area contributed by atoms with E-state index in [1.807, 2.05) is 0 Å². The van der Waals surface area contributed by atoms with E-state index in [1.54, 1.807) is 6.07 Å². The van der Waals surface area contributed by atoms with E-state index in [0.29, 0.717) is 36.7 Å². The number of hydrogen-bond donors (Lipinski definition) is 2. The van der Waals surface area contributed by atoms with Gasteiger partial charge in [-0.15, -0.1) is 0 Å². The maximum absolute atomic E-state index is 13.0. The number of halogens is 6. The van der Waals surface area contributed by atoms with Crippen LogP contribution in [0.2, 0.25) is 0 Å². The molecule has 0 bridgehead atoms. The highest BCUT2D eigenvalue weighted by molar-refractivity contribution is 5.93. The van der Waals surface area contributed by atoms with E-state index in [1.165, 1.54) is 13.1 Å². The number of aromatic nitrogens is 4. The molecular formula is C20H17F6N5O. The van der Waals surface area contributed by atoms with Gasteiger partial charge in [-0.1, -0.05) is 0 Å². The zero-order chi connectivity index (χ0) is 23.3. The minimum absolute atomic E-state index is 0.250. The average Bonchev–Trinajstić information content (AvgIpc) is 3.32. The van der Waals surface area contributed by atoms with Gasteiger partial charge in [0, 0.05) is 36.3 Å². The summed E-state index contributed by atoms with van der Waals surface area (Å²) in [6.07, 6.45) is -6.33. The Morgan fingerprint density at radius 2 is 1.84 bits per heavy atom. The fraction of sp³-hybridized carbons (Fsp3) is 0.350. The Bertz CT molecular complexity index is 1160. The minimum Gasteiger partial charge on any atom is -0.356 e. The van der Waals surface area contributed by atoms with Crippen LogP contribution in [-0.4, -0.2) is 25.7 Å². The van der Waals surface area contributed by atoms with Gasteiger partial charge < -0.3 is 10.3 Å². The summed E-state index contributed by atoms with van der Waals surface area (Å²) in [6, 6.07) is 4.23. The van der Waals surface area contributed by atoms with E-state index < -0.39 is 35.7 Å². The zero-order valence-corrected chi connectivity index (χ0v) is 16.6. The molecule has 0 aliphatic heterocycles. The van der Waals surface area contributed by atoms with Crippen LogP contribution >= 0.6 is 0 Å². The quantitative estimate of drug-likeness (QED) is 0.562. The number of alkyl halides is 6. The van der Waals surface area contributed by atoms with Gasteiger partial charge in [-0.05, 0) is 43.0 Å². The second-order valence-corrected chi connectivity index (χ2v) is 7.50. The van der Waals surface area contributed by atoms with Crippen molar-refractivity contribution in [3.8, 4) is 11.3 Å². The summed E-state index contributed by atoms with van der Waals surface area (Å²) in [5.41, 5.74) is -0.289. The van der Waals surface area contributed by atoms with Gasteiger partial charge in [0.05, 0.1) is 6.04 Å². The summed E-state index contributed by atoms with van der Waals surface area (Å²) in [5.74, 6) is -0.729. The van der Waals surface area contributed by atoms with E-state index in [2.05, 4.69) is 20.4 Å². The number of pyridine rings is 1. The first-order chi connectivity index (χ1) is 14.9. The van der Waals surface area contributed by atoms with Crippen molar-refractivity contribution in [2.45, 2.75) is 37.7 Å². The van der Waals surface area contributed by atoms with Gasteiger partial charge in [0.15, 0.2) is 5.69 Å². The second-order valence-electron chi connectivity index (χ2n) is 7.50. The summed E-state index contributed by atoms with van der Waals surface area (Å²) < 4.78 is 78.5. The summed E-state index contributed by atoms with van der Waals surface area (Å²) in [5, 5.41) is 6.04. The lowest BCUT2D eigenvalue weighted by Gasteiger charge is -2.23. The molecule has 0 unspecified atom stereocenters. The van der Waals surface area contributed by atoms with Crippen molar-refractivity contribution in [1.29, 1.82) is 0 Å². The number of carbonyl (C=O) groups excluding carboxylic acids is 1. The van der Waals surface area contributed by atoms with Gasteiger partial charge in [-0.3, -0.25) is 14.5 Å². The standard InChI is InChI=1S/C20H17F6N5O/c1-31-14(9-16(30-31)20(24,25)26)18(32)29-12-4-2-3-11-7-13(28-17(11)12)10-5-6-27-15(8-10)19(21,22)23/h5-9,12,28H,2-4H2,1H3,(H,29,32)/t12-/m1/s1. The van der Waals surface area contributed by atoms with E-state index in [4.69, 9.17) is 0 Å². The second kappa shape index (κ2) is 7.68. The first-order valence-electron chi connectivity index (χ1n) is 9.61. The number of H-pyrrole nitrogens is 1. The molecule has 170 valence electrons. The average molecular weight is 457 g/mol. The number of aryl methyl sites for hydroxylation is 2. The molecule has 0 radical (unpaired) electrons. The van der Waals surface area contributed by atoms with E-state index in [-0.39, 0.29) is 11.3 Å². The molecule has 0 aromatic carbocycles. The predicted molar refractivity (Wildman–Crippen MR) is 100 cm³/mol. The molecule has 0 fully saturated rings. The maximum atomic E-state index is 13.0. The molecule has 12 heteroatoms. The number of rotatable bonds is 3. The smallest absolute Gasteiger partial charge is 0.356 e. The molecule has 0 saturated carbocycles. The molecular weight excluding hydrogens is 440 g/mol. The summed E-state index contributed by atoms with van der Waals surface area (Å²) in [7, 11) is 1.24. The molecule has 2 N–H and O–H groups in total. The lowest BCUT2D eigenvalue weighted by Crippen LogP contribution is -2.32. The van der Waals surface area contributed by atoms with Crippen LogP contribution in [0.3, 0.4) is 0 Å². The van der Waals surface area contributed by atoms with Crippen LogP contribution < -0.4 is 5.32 Å². The third kappa shape index (κ3) is 4.21. The maximum Gasteiger partial charge on any atom is 0.435 e. The zero-order valence-electron chi connectivity index (χ0n) is 16.6. The molecule has 32 heavy (non-hydrogen) atoms. The lowest BCUT2D eigenvalue weighted by molar-refractivity contribution is -0.142. The van der Waals surface area contributed by atoms with Gasteiger partial charge >= 0.3 is 12.4 Å². The molecule has 0 saturated heterocycles. The molecule has 3 aromatic heterocycles. The lowest BCUT2D eigenvalue weighted by atomic mass is 9.93. The number of amides is 1. The van der Waals surface area contributed by atoms with Crippen molar-refractivity contribution < 1.29 is 31.1 Å². The van der Waals surface area contributed by atoms with Gasteiger partial charge in [-0.2, -0.15) is 31.4 Å². The van der Waals surface area contributed by atoms with Crippen LogP contribution in [-0.2, 0) is 25.8 Å². The summed E-state index contributed by atoms with van der Waals surface area (Å²) in [6.45, 7) is 0. The largest absolute Gasteiger partial charge is 0.435 e. The van der Waals surface area contributed by atoms with Crippen LogP contribution in [0.25, 0.3) is 11.3 Å². The molecule has 1 aliphatic rings.